The number of benzene rings is 3. The lowest BCUT2D eigenvalue weighted by Gasteiger charge is -2.19. The van der Waals surface area contributed by atoms with Gasteiger partial charge in [-0.2, -0.15) is 0 Å². The average molecular weight is 407 g/mol. The van der Waals surface area contributed by atoms with Gasteiger partial charge in [0, 0.05) is 16.0 Å². The molecule has 1 N–H and O–H groups in total. The third kappa shape index (κ3) is 3.32. The molecule has 3 aromatic carbocycles. The molecule has 4 heteroatoms. The van der Waals surface area contributed by atoms with Gasteiger partial charge in [0.2, 0.25) is 0 Å². The standard InChI is InChI=1S/C24H20Cl2N2/c25-17-11-12-18(21(26)13-17)19-14-20(19)24-27-22(15-7-3-1-4-8-15)23(28-24)16-9-5-2-6-10-16/h1-13,19-20,22-23H,14H2,(H,27,28). The Morgan fingerprint density at radius 2 is 1.46 bits per heavy atom. The Labute approximate surface area is 175 Å². The van der Waals surface area contributed by atoms with Crippen molar-refractivity contribution < 1.29 is 0 Å². The molecule has 1 aliphatic heterocycles. The van der Waals surface area contributed by atoms with Gasteiger partial charge >= 0.3 is 0 Å². The van der Waals surface area contributed by atoms with Gasteiger partial charge in [-0.05, 0) is 41.2 Å². The molecule has 5 rings (SSSR count). The van der Waals surface area contributed by atoms with Gasteiger partial charge in [0.25, 0.3) is 0 Å². The molecule has 28 heavy (non-hydrogen) atoms. The highest BCUT2D eigenvalue weighted by atomic mass is 35.5. The minimum absolute atomic E-state index is 0.0838. The molecule has 0 aromatic heterocycles. The molecule has 4 unspecified atom stereocenters. The van der Waals surface area contributed by atoms with E-state index in [0.717, 1.165) is 17.3 Å². The highest BCUT2D eigenvalue weighted by molar-refractivity contribution is 6.35. The number of amidine groups is 1. The quantitative estimate of drug-likeness (QED) is 0.519. The van der Waals surface area contributed by atoms with E-state index in [1.54, 1.807) is 0 Å². The topological polar surface area (TPSA) is 24.4 Å². The van der Waals surface area contributed by atoms with Gasteiger partial charge in [-0.3, -0.25) is 4.99 Å². The molecule has 1 aliphatic carbocycles. The second kappa shape index (κ2) is 7.27. The molecule has 4 atom stereocenters. The molecule has 0 saturated heterocycles. The number of hydrogen-bond acceptors (Lipinski definition) is 2. The number of nitrogens with one attached hydrogen (secondary N) is 1. The number of rotatable bonds is 4. The van der Waals surface area contributed by atoms with Crippen LogP contribution in [0, 0.1) is 5.92 Å². The summed E-state index contributed by atoms with van der Waals surface area (Å²) >= 11 is 12.5. The van der Waals surface area contributed by atoms with E-state index in [9.17, 15) is 0 Å². The summed E-state index contributed by atoms with van der Waals surface area (Å²) in [6.07, 6.45) is 1.07. The lowest BCUT2D eigenvalue weighted by molar-refractivity contribution is 0.571. The molecular formula is C24H20Cl2N2. The first-order valence-electron chi connectivity index (χ1n) is 9.60. The zero-order valence-electron chi connectivity index (χ0n) is 15.2. The fraction of sp³-hybridized carbons (Fsp3) is 0.208. The molecule has 140 valence electrons. The van der Waals surface area contributed by atoms with Gasteiger partial charge in [-0.1, -0.05) is 89.9 Å². The molecule has 2 nitrogen and oxygen atoms in total. The summed E-state index contributed by atoms with van der Waals surface area (Å²) < 4.78 is 0. The predicted octanol–water partition coefficient (Wildman–Crippen LogP) is 6.58. The molecule has 1 fully saturated rings. The highest BCUT2D eigenvalue weighted by Crippen LogP contribution is 2.52. The van der Waals surface area contributed by atoms with Crippen molar-refractivity contribution in [3.8, 4) is 0 Å². The van der Waals surface area contributed by atoms with E-state index in [1.165, 1.54) is 16.7 Å². The van der Waals surface area contributed by atoms with Gasteiger partial charge in [0.05, 0.1) is 6.04 Å². The molecule has 3 aromatic rings. The van der Waals surface area contributed by atoms with E-state index >= 15 is 0 Å². The Kier molecular flexibility index (Phi) is 4.62. The molecule has 0 bridgehead atoms. The Morgan fingerprint density at radius 3 is 2.14 bits per heavy atom. The van der Waals surface area contributed by atoms with Crippen LogP contribution in [0.15, 0.2) is 83.9 Å². The van der Waals surface area contributed by atoms with Crippen LogP contribution in [-0.2, 0) is 0 Å². The van der Waals surface area contributed by atoms with Crippen molar-refractivity contribution in [1.82, 2.24) is 5.32 Å². The van der Waals surface area contributed by atoms with Gasteiger partial charge in [0.15, 0.2) is 0 Å². The van der Waals surface area contributed by atoms with Crippen LogP contribution in [-0.4, -0.2) is 5.84 Å². The molecule has 1 heterocycles. The molecular weight excluding hydrogens is 387 g/mol. The number of hydrogen-bond donors (Lipinski definition) is 1. The van der Waals surface area contributed by atoms with E-state index in [0.29, 0.717) is 16.9 Å². The van der Waals surface area contributed by atoms with Crippen LogP contribution < -0.4 is 5.32 Å². The van der Waals surface area contributed by atoms with E-state index in [1.807, 2.05) is 24.3 Å². The van der Waals surface area contributed by atoms with Gasteiger partial charge in [0.1, 0.15) is 11.9 Å². The normalized spacial score (nSPS) is 25.9. The van der Waals surface area contributed by atoms with E-state index < -0.39 is 0 Å². The van der Waals surface area contributed by atoms with Crippen molar-refractivity contribution in [2.45, 2.75) is 24.4 Å². The summed E-state index contributed by atoms with van der Waals surface area (Å²) in [5.41, 5.74) is 3.66. The maximum atomic E-state index is 6.44. The fourth-order valence-corrected chi connectivity index (χ4v) is 4.74. The lowest BCUT2D eigenvalue weighted by atomic mass is 9.95. The number of nitrogens with zero attached hydrogens (tertiary/aromatic N) is 1. The van der Waals surface area contributed by atoms with Crippen molar-refractivity contribution >= 4 is 29.0 Å². The van der Waals surface area contributed by atoms with Crippen LogP contribution in [0.3, 0.4) is 0 Å². The van der Waals surface area contributed by atoms with Crippen LogP contribution in [0.4, 0.5) is 0 Å². The average Bonchev–Trinajstić information content (AvgIpc) is 3.38. The Hall–Kier alpha value is -2.29. The highest BCUT2D eigenvalue weighted by Gasteiger charge is 2.46. The van der Waals surface area contributed by atoms with Crippen LogP contribution in [0.1, 0.15) is 41.1 Å². The Morgan fingerprint density at radius 1 is 0.786 bits per heavy atom. The van der Waals surface area contributed by atoms with Crippen LogP contribution in [0.25, 0.3) is 0 Å². The summed E-state index contributed by atoms with van der Waals surface area (Å²) in [6, 6.07) is 27.1. The predicted molar refractivity (Wildman–Crippen MR) is 116 cm³/mol. The molecule has 0 amide bonds. The van der Waals surface area contributed by atoms with Gasteiger partial charge < -0.3 is 5.32 Å². The third-order valence-electron chi connectivity index (χ3n) is 5.70. The van der Waals surface area contributed by atoms with Crippen LogP contribution in [0.2, 0.25) is 10.0 Å². The summed E-state index contributed by atoms with van der Waals surface area (Å²) in [6.45, 7) is 0. The maximum Gasteiger partial charge on any atom is 0.101 e. The summed E-state index contributed by atoms with van der Waals surface area (Å²) in [5.74, 6) is 1.89. The van der Waals surface area contributed by atoms with Crippen molar-refractivity contribution in [3.63, 3.8) is 0 Å². The molecule has 0 spiro atoms. The fourth-order valence-electron chi connectivity index (χ4n) is 4.19. The minimum atomic E-state index is 0.0838. The number of aliphatic imine (C=N–C) groups is 1. The first-order valence-corrected chi connectivity index (χ1v) is 10.4. The monoisotopic (exact) mass is 406 g/mol. The zero-order valence-corrected chi connectivity index (χ0v) is 16.7. The van der Waals surface area contributed by atoms with Crippen molar-refractivity contribution in [1.29, 1.82) is 0 Å². The molecule has 2 aliphatic rings. The number of halogens is 2. The van der Waals surface area contributed by atoms with E-state index in [-0.39, 0.29) is 12.1 Å². The summed E-state index contributed by atoms with van der Waals surface area (Å²) in [5, 5.41) is 5.15. The Bertz CT molecular complexity index is 1020. The van der Waals surface area contributed by atoms with Gasteiger partial charge in [-0.25, -0.2) is 0 Å². The van der Waals surface area contributed by atoms with E-state index in [2.05, 4.69) is 59.9 Å². The smallest absolute Gasteiger partial charge is 0.101 e. The van der Waals surface area contributed by atoms with Crippen molar-refractivity contribution in [2.24, 2.45) is 10.9 Å². The molecule has 1 saturated carbocycles. The first kappa shape index (κ1) is 17.8. The lowest BCUT2D eigenvalue weighted by Crippen LogP contribution is -2.26. The second-order valence-electron chi connectivity index (χ2n) is 7.52. The summed E-state index contributed by atoms with van der Waals surface area (Å²) in [4.78, 5) is 5.14. The molecule has 0 radical (unpaired) electrons. The van der Waals surface area contributed by atoms with Gasteiger partial charge in [-0.15, -0.1) is 0 Å². The van der Waals surface area contributed by atoms with Crippen LogP contribution in [0.5, 0.6) is 0 Å². The SMILES string of the molecule is Clc1ccc(C2CC2C2=NC(c3ccccc3)C(c3ccccc3)N2)c(Cl)c1. The largest absolute Gasteiger partial charge is 0.364 e. The van der Waals surface area contributed by atoms with E-state index in [4.69, 9.17) is 28.2 Å². The maximum absolute atomic E-state index is 6.44. The zero-order chi connectivity index (χ0) is 19.1. The second-order valence-corrected chi connectivity index (χ2v) is 8.36. The Balaban J connectivity index is 1.44. The first-order chi connectivity index (χ1) is 13.7. The minimum Gasteiger partial charge on any atom is -0.364 e. The van der Waals surface area contributed by atoms with Crippen molar-refractivity contribution in [2.75, 3.05) is 0 Å². The summed E-state index contributed by atoms with van der Waals surface area (Å²) in [7, 11) is 0. The van der Waals surface area contributed by atoms with Crippen LogP contribution >= 0.6 is 23.2 Å². The third-order valence-corrected chi connectivity index (χ3v) is 6.26. The van der Waals surface area contributed by atoms with Crippen molar-refractivity contribution in [3.05, 3.63) is 106 Å².